The Balaban J connectivity index is 1.84. The number of fused-ring (bicyclic) bond motifs is 1. The minimum absolute atomic E-state index is 0.0425. The van der Waals surface area contributed by atoms with Crippen molar-refractivity contribution >= 4 is 51.6 Å². The van der Waals surface area contributed by atoms with Gasteiger partial charge in [-0.15, -0.1) is 0 Å². The summed E-state index contributed by atoms with van der Waals surface area (Å²) in [5.74, 6) is -0.786. The van der Waals surface area contributed by atoms with Crippen LogP contribution in [0.3, 0.4) is 0 Å². The fourth-order valence-corrected chi connectivity index (χ4v) is 3.51. The lowest BCUT2D eigenvalue weighted by Crippen LogP contribution is -1.98. The summed E-state index contributed by atoms with van der Waals surface area (Å²) in [7, 11) is 0. The van der Waals surface area contributed by atoms with Gasteiger partial charge >= 0.3 is 5.97 Å². The number of rotatable bonds is 2. The smallest absolute Gasteiger partial charge is 0.348 e. The minimum atomic E-state index is -0.646. The van der Waals surface area contributed by atoms with E-state index in [0.717, 1.165) is 16.3 Å². The molecule has 0 unspecified atom stereocenters. The molecule has 5 heteroatoms. The van der Waals surface area contributed by atoms with Crippen LogP contribution in [-0.4, -0.2) is 11.1 Å². The first-order valence-corrected chi connectivity index (χ1v) is 8.60. The van der Waals surface area contributed by atoms with Crippen LogP contribution in [0.5, 0.6) is 0 Å². The summed E-state index contributed by atoms with van der Waals surface area (Å²) in [6.45, 7) is 0. The zero-order valence-electron chi connectivity index (χ0n) is 13.4. The van der Waals surface area contributed by atoms with Crippen molar-refractivity contribution in [1.29, 1.82) is 0 Å². The number of aliphatic hydroxyl groups excluding tert-OH is 1. The van der Waals surface area contributed by atoms with E-state index in [-0.39, 0.29) is 17.1 Å². The van der Waals surface area contributed by atoms with Gasteiger partial charge in [-0.25, -0.2) is 4.79 Å². The first-order valence-electron chi connectivity index (χ1n) is 7.84. The van der Waals surface area contributed by atoms with E-state index in [1.165, 1.54) is 0 Å². The number of aliphatic hydroxyl groups is 1. The van der Waals surface area contributed by atoms with Gasteiger partial charge in [0.05, 0.1) is 0 Å². The summed E-state index contributed by atoms with van der Waals surface area (Å²) in [4.78, 5) is 12.3. The second-order valence-electron chi connectivity index (χ2n) is 5.85. The molecule has 0 amide bonds. The minimum Gasteiger partial charge on any atom is -0.504 e. The Kier molecular flexibility index (Phi) is 4.19. The number of hydrogen-bond acceptors (Lipinski definition) is 3. The highest BCUT2D eigenvalue weighted by molar-refractivity contribution is 6.35. The summed E-state index contributed by atoms with van der Waals surface area (Å²) >= 11 is 12.0. The van der Waals surface area contributed by atoms with E-state index in [4.69, 9.17) is 27.9 Å². The molecule has 3 aromatic carbocycles. The van der Waals surface area contributed by atoms with Crippen LogP contribution in [-0.2, 0) is 9.53 Å². The number of halogens is 2. The molecule has 1 N–H and O–H groups in total. The largest absolute Gasteiger partial charge is 0.504 e. The second-order valence-corrected chi connectivity index (χ2v) is 6.72. The van der Waals surface area contributed by atoms with Gasteiger partial charge in [0.15, 0.2) is 11.5 Å². The van der Waals surface area contributed by atoms with E-state index < -0.39 is 5.97 Å². The van der Waals surface area contributed by atoms with Crippen molar-refractivity contribution in [3.05, 3.63) is 93.4 Å². The molecule has 0 aliphatic carbocycles. The van der Waals surface area contributed by atoms with Crippen molar-refractivity contribution in [3.63, 3.8) is 0 Å². The number of benzene rings is 3. The fraction of sp³-hybridized carbons (Fsp3) is 0. The lowest BCUT2D eigenvalue weighted by molar-refractivity contribution is -0.131. The van der Waals surface area contributed by atoms with E-state index in [9.17, 15) is 9.90 Å². The molecule has 1 aliphatic rings. The van der Waals surface area contributed by atoms with E-state index in [2.05, 4.69) is 0 Å². The molecule has 0 spiro atoms. The molecular formula is C21H12Cl2O3. The Morgan fingerprint density at radius 1 is 0.923 bits per heavy atom. The normalized spacial score (nSPS) is 15.8. The van der Waals surface area contributed by atoms with E-state index in [0.29, 0.717) is 15.6 Å². The van der Waals surface area contributed by atoms with Gasteiger partial charge in [0.1, 0.15) is 5.57 Å². The Morgan fingerprint density at radius 2 is 1.62 bits per heavy atom. The van der Waals surface area contributed by atoms with Crippen molar-refractivity contribution in [2.45, 2.75) is 0 Å². The quantitative estimate of drug-likeness (QED) is 0.551. The summed E-state index contributed by atoms with van der Waals surface area (Å²) in [6, 6.07) is 18.3. The van der Waals surface area contributed by atoms with Crippen molar-refractivity contribution in [1.82, 2.24) is 0 Å². The lowest BCUT2D eigenvalue weighted by Gasteiger charge is -2.03. The van der Waals surface area contributed by atoms with Crippen LogP contribution >= 0.6 is 23.2 Å². The topological polar surface area (TPSA) is 46.5 Å². The average Bonchev–Trinajstić information content (AvgIpc) is 2.88. The average molecular weight is 383 g/mol. The second kappa shape index (κ2) is 6.52. The number of hydrogen-bond donors (Lipinski definition) is 1. The predicted octanol–water partition coefficient (Wildman–Crippen LogP) is 6.01. The van der Waals surface area contributed by atoms with Gasteiger partial charge in [0.25, 0.3) is 0 Å². The molecule has 1 heterocycles. The Morgan fingerprint density at radius 3 is 2.38 bits per heavy atom. The van der Waals surface area contributed by atoms with E-state index in [1.807, 2.05) is 42.5 Å². The number of ether oxygens (including phenoxy) is 1. The maximum absolute atomic E-state index is 12.3. The highest BCUT2D eigenvalue weighted by atomic mass is 35.5. The van der Waals surface area contributed by atoms with Crippen LogP contribution in [0.4, 0.5) is 0 Å². The number of cyclic esters (lactones) is 1. The maximum Gasteiger partial charge on any atom is 0.348 e. The molecular weight excluding hydrogens is 371 g/mol. The molecule has 0 saturated carbocycles. The molecule has 0 saturated heterocycles. The standard InChI is InChI=1S/C21H12Cl2O3/c22-15-8-14(9-16(23)11-15)19-20(24)18(26-21(19)25)10-13-6-3-5-12-4-1-2-7-17(12)13/h1-11,24H/b18-10+. The van der Waals surface area contributed by atoms with Crippen molar-refractivity contribution in [2.75, 3.05) is 0 Å². The van der Waals surface area contributed by atoms with Gasteiger partial charge in [-0.2, -0.15) is 0 Å². The highest BCUT2D eigenvalue weighted by Crippen LogP contribution is 2.35. The maximum atomic E-state index is 12.3. The van der Waals surface area contributed by atoms with Crippen molar-refractivity contribution < 1.29 is 14.6 Å². The van der Waals surface area contributed by atoms with Gasteiger partial charge in [-0.3, -0.25) is 0 Å². The molecule has 0 atom stereocenters. The Bertz CT molecular complexity index is 1090. The van der Waals surface area contributed by atoms with Crippen LogP contribution in [0.1, 0.15) is 11.1 Å². The summed E-state index contributed by atoms with van der Waals surface area (Å²) in [5.41, 5.74) is 1.29. The number of carbonyl (C=O) groups excluding carboxylic acids is 1. The van der Waals surface area contributed by atoms with Gasteiger partial charge in [-0.1, -0.05) is 65.7 Å². The number of carbonyl (C=O) groups is 1. The van der Waals surface area contributed by atoms with Crippen LogP contribution < -0.4 is 0 Å². The van der Waals surface area contributed by atoms with Crippen LogP contribution in [0.15, 0.2) is 72.2 Å². The summed E-state index contributed by atoms with van der Waals surface area (Å²) in [6.07, 6.45) is 1.65. The third-order valence-electron chi connectivity index (χ3n) is 4.14. The fourth-order valence-electron chi connectivity index (χ4n) is 2.99. The zero-order chi connectivity index (χ0) is 18.3. The highest BCUT2D eigenvalue weighted by Gasteiger charge is 2.31. The van der Waals surface area contributed by atoms with Gasteiger partial charge in [0, 0.05) is 10.0 Å². The molecule has 3 nitrogen and oxygen atoms in total. The first-order chi connectivity index (χ1) is 12.5. The van der Waals surface area contributed by atoms with Crippen LogP contribution in [0.2, 0.25) is 10.0 Å². The first kappa shape index (κ1) is 16.7. The van der Waals surface area contributed by atoms with E-state index >= 15 is 0 Å². The molecule has 0 aromatic heterocycles. The molecule has 0 radical (unpaired) electrons. The molecule has 1 aliphatic heterocycles. The van der Waals surface area contributed by atoms with Crippen LogP contribution in [0.25, 0.3) is 22.4 Å². The van der Waals surface area contributed by atoms with Crippen molar-refractivity contribution in [3.8, 4) is 0 Å². The molecule has 26 heavy (non-hydrogen) atoms. The monoisotopic (exact) mass is 382 g/mol. The molecule has 0 fully saturated rings. The number of esters is 1. The molecule has 0 bridgehead atoms. The molecule has 4 rings (SSSR count). The summed E-state index contributed by atoms with van der Waals surface area (Å²) in [5, 5.41) is 13.3. The van der Waals surface area contributed by atoms with Gasteiger partial charge < -0.3 is 9.84 Å². The third kappa shape index (κ3) is 2.96. The van der Waals surface area contributed by atoms with E-state index in [1.54, 1.807) is 24.3 Å². The zero-order valence-corrected chi connectivity index (χ0v) is 14.9. The molecule has 3 aromatic rings. The predicted molar refractivity (Wildman–Crippen MR) is 104 cm³/mol. The van der Waals surface area contributed by atoms with Gasteiger partial charge in [0.2, 0.25) is 0 Å². The lowest BCUT2D eigenvalue weighted by atomic mass is 10.0. The summed E-state index contributed by atoms with van der Waals surface area (Å²) < 4.78 is 5.29. The van der Waals surface area contributed by atoms with Gasteiger partial charge in [-0.05, 0) is 46.2 Å². The van der Waals surface area contributed by atoms with Crippen LogP contribution in [0, 0.1) is 0 Å². The SMILES string of the molecule is O=C1O/C(=C/c2cccc3ccccc23)C(O)=C1c1cc(Cl)cc(Cl)c1. The third-order valence-corrected chi connectivity index (χ3v) is 4.57. The molecule has 128 valence electrons. The Labute approximate surface area is 159 Å². The van der Waals surface area contributed by atoms with Crippen molar-refractivity contribution in [2.24, 2.45) is 0 Å². The Hall–Kier alpha value is -2.75.